The summed E-state index contributed by atoms with van der Waals surface area (Å²) in [6.45, 7) is 0.310. The molecule has 15 heavy (non-hydrogen) atoms. The smallest absolute Gasteiger partial charge is 0.332 e. The summed E-state index contributed by atoms with van der Waals surface area (Å²) in [5.74, 6) is 0. The zero-order chi connectivity index (χ0) is 11.1. The van der Waals surface area contributed by atoms with Crippen LogP contribution < -0.4 is 11.2 Å². The lowest BCUT2D eigenvalue weighted by Crippen LogP contribution is -2.27. The minimum atomic E-state index is -0.695. The molecule has 5 heteroatoms. The average molecular weight is 207 g/mol. The number of nitrogens with two attached hydrogens (primary N) is 1. The highest BCUT2D eigenvalue weighted by Gasteiger charge is 2.02. The first-order valence-corrected chi connectivity index (χ1v) is 4.40. The molecule has 0 aliphatic heterocycles. The molecule has 0 aromatic heterocycles. The van der Waals surface area contributed by atoms with Crippen molar-refractivity contribution in [2.75, 3.05) is 13.7 Å². The van der Waals surface area contributed by atoms with E-state index in [0.29, 0.717) is 12.3 Å². The summed E-state index contributed by atoms with van der Waals surface area (Å²) in [7, 11) is 1.56. The van der Waals surface area contributed by atoms with Gasteiger partial charge in [-0.3, -0.25) is 0 Å². The zero-order valence-corrected chi connectivity index (χ0v) is 8.43. The van der Waals surface area contributed by atoms with Crippen LogP contribution in [-0.2, 0) is 4.74 Å². The molecular weight excluding hydrogens is 194 g/mol. The number of hydrogen-bond acceptors (Lipinski definition) is 3. The fourth-order valence-corrected chi connectivity index (χ4v) is 1.07. The molecule has 0 atom stereocenters. The summed E-state index contributed by atoms with van der Waals surface area (Å²) < 4.78 is 4.97. The Morgan fingerprint density at radius 2 is 2.13 bits per heavy atom. The summed E-state index contributed by atoms with van der Waals surface area (Å²) in [6.07, 6.45) is 0. The molecule has 0 saturated carbocycles. The Labute approximate surface area is 87.9 Å². The highest BCUT2D eigenvalue weighted by molar-refractivity contribution is 6.01. The molecule has 0 aliphatic rings. The van der Waals surface area contributed by atoms with E-state index in [1.165, 1.54) is 0 Å². The lowest BCUT2D eigenvalue weighted by Gasteiger charge is -2.04. The molecule has 5 nitrogen and oxygen atoms in total. The average Bonchev–Trinajstić information content (AvgIpc) is 2.25. The summed E-state index contributed by atoms with van der Waals surface area (Å²) in [6, 6.07) is 8.71. The topological polar surface area (TPSA) is 76.7 Å². The molecular formula is C10H13N3O2. The van der Waals surface area contributed by atoms with Gasteiger partial charge in [-0.15, -0.1) is 0 Å². The van der Waals surface area contributed by atoms with Gasteiger partial charge in [-0.25, -0.2) is 10.2 Å². The van der Waals surface area contributed by atoms with Crippen molar-refractivity contribution >= 4 is 11.7 Å². The van der Waals surface area contributed by atoms with Crippen LogP contribution in [0, 0.1) is 0 Å². The molecule has 0 spiro atoms. The lowest BCUT2D eigenvalue weighted by atomic mass is 10.1. The number of rotatable bonds is 4. The van der Waals surface area contributed by atoms with Crippen LogP contribution in [0.1, 0.15) is 5.56 Å². The number of amides is 2. The fourth-order valence-electron chi connectivity index (χ4n) is 1.07. The van der Waals surface area contributed by atoms with Crippen molar-refractivity contribution in [3.63, 3.8) is 0 Å². The SMILES string of the molecule is COCC(=NNC(N)=O)c1ccccc1. The first-order valence-electron chi connectivity index (χ1n) is 4.40. The largest absolute Gasteiger partial charge is 0.378 e. The first kappa shape index (κ1) is 11.2. The lowest BCUT2D eigenvalue weighted by molar-refractivity contribution is 0.243. The second-order valence-electron chi connectivity index (χ2n) is 2.83. The normalized spacial score (nSPS) is 11.1. The van der Waals surface area contributed by atoms with Gasteiger partial charge in [0.1, 0.15) is 0 Å². The number of ether oxygens (including phenoxy) is 1. The molecule has 0 aliphatic carbocycles. The zero-order valence-electron chi connectivity index (χ0n) is 8.43. The molecule has 0 bridgehead atoms. The van der Waals surface area contributed by atoms with E-state index in [1.54, 1.807) is 7.11 Å². The number of urea groups is 1. The number of benzene rings is 1. The Kier molecular flexibility index (Phi) is 4.30. The van der Waals surface area contributed by atoms with Gasteiger partial charge in [0.15, 0.2) is 0 Å². The number of methoxy groups -OCH3 is 1. The maximum absolute atomic E-state index is 10.5. The van der Waals surface area contributed by atoms with Gasteiger partial charge in [-0.2, -0.15) is 5.10 Å². The van der Waals surface area contributed by atoms with E-state index in [2.05, 4.69) is 10.5 Å². The molecule has 0 unspecified atom stereocenters. The molecule has 2 amide bonds. The molecule has 3 N–H and O–H groups in total. The van der Waals surface area contributed by atoms with Gasteiger partial charge in [-0.1, -0.05) is 30.3 Å². The maximum atomic E-state index is 10.5. The van der Waals surface area contributed by atoms with E-state index in [0.717, 1.165) is 5.56 Å². The highest BCUT2D eigenvalue weighted by Crippen LogP contribution is 2.01. The quantitative estimate of drug-likeness (QED) is 0.563. The standard InChI is InChI=1S/C10H13N3O2/c1-15-7-9(12-13-10(11)14)8-5-3-2-4-6-8/h2-6H,7H2,1H3,(H3,11,13,14). The number of primary amides is 1. The summed E-state index contributed by atoms with van der Waals surface area (Å²) in [5.41, 5.74) is 8.60. The molecule has 0 radical (unpaired) electrons. The van der Waals surface area contributed by atoms with E-state index in [9.17, 15) is 4.79 Å². The molecule has 0 saturated heterocycles. The van der Waals surface area contributed by atoms with Crippen LogP contribution in [0.5, 0.6) is 0 Å². The van der Waals surface area contributed by atoms with Crippen molar-refractivity contribution in [3.05, 3.63) is 35.9 Å². The van der Waals surface area contributed by atoms with Crippen molar-refractivity contribution in [1.82, 2.24) is 5.43 Å². The van der Waals surface area contributed by atoms with Crippen molar-refractivity contribution in [3.8, 4) is 0 Å². The van der Waals surface area contributed by atoms with Gasteiger partial charge in [-0.05, 0) is 0 Å². The van der Waals surface area contributed by atoms with Crippen LogP contribution in [0.2, 0.25) is 0 Å². The van der Waals surface area contributed by atoms with Crippen molar-refractivity contribution in [1.29, 1.82) is 0 Å². The number of carbonyl (C=O) groups excluding carboxylic acids is 1. The molecule has 80 valence electrons. The molecule has 1 rings (SSSR count). The molecule has 0 heterocycles. The van der Waals surface area contributed by atoms with E-state index in [1.807, 2.05) is 30.3 Å². The van der Waals surface area contributed by atoms with Crippen LogP contribution in [0.15, 0.2) is 35.4 Å². The number of hydrazone groups is 1. The third-order valence-electron chi connectivity index (χ3n) is 1.69. The second-order valence-corrected chi connectivity index (χ2v) is 2.83. The van der Waals surface area contributed by atoms with Crippen LogP contribution in [0.3, 0.4) is 0 Å². The van der Waals surface area contributed by atoms with Crippen molar-refractivity contribution in [2.24, 2.45) is 10.8 Å². The number of nitrogens with one attached hydrogen (secondary N) is 1. The highest BCUT2D eigenvalue weighted by atomic mass is 16.5. The van der Waals surface area contributed by atoms with Crippen LogP contribution in [0.25, 0.3) is 0 Å². The van der Waals surface area contributed by atoms with Crippen molar-refractivity contribution in [2.45, 2.75) is 0 Å². The second kappa shape index (κ2) is 5.77. The van der Waals surface area contributed by atoms with E-state index in [-0.39, 0.29) is 0 Å². The van der Waals surface area contributed by atoms with Gasteiger partial charge in [0, 0.05) is 12.7 Å². The van der Waals surface area contributed by atoms with Crippen LogP contribution >= 0.6 is 0 Å². The van der Waals surface area contributed by atoms with Gasteiger partial charge in [0.2, 0.25) is 0 Å². The minimum Gasteiger partial charge on any atom is -0.378 e. The maximum Gasteiger partial charge on any atom is 0.332 e. The number of carbonyl (C=O) groups is 1. The third kappa shape index (κ3) is 3.78. The van der Waals surface area contributed by atoms with E-state index in [4.69, 9.17) is 10.5 Å². The molecule has 1 aromatic rings. The third-order valence-corrected chi connectivity index (χ3v) is 1.69. The molecule has 1 aromatic carbocycles. The molecule has 0 fully saturated rings. The fraction of sp³-hybridized carbons (Fsp3) is 0.200. The first-order chi connectivity index (χ1) is 7.24. The Morgan fingerprint density at radius 1 is 1.47 bits per heavy atom. The monoisotopic (exact) mass is 207 g/mol. The van der Waals surface area contributed by atoms with Gasteiger partial charge >= 0.3 is 6.03 Å². The van der Waals surface area contributed by atoms with Crippen LogP contribution in [0.4, 0.5) is 4.79 Å². The predicted octanol–water partition coefficient (Wildman–Crippen LogP) is 0.705. The summed E-state index contributed by atoms with van der Waals surface area (Å²) in [4.78, 5) is 10.5. The predicted molar refractivity (Wildman–Crippen MR) is 57.6 cm³/mol. The van der Waals surface area contributed by atoms with E-state index < -0.39 is 6.03 Å². The Hall–Kier alpha value is -1.88. The Balaban J connectivity index is 2.83. The van der Waals surface area contributed by atoms with Crippen LogP contribution in [-0.4, -0.2) is 25.5 Å². The summed E-state index contributed by atoms with van der Waals surface area (Å²) in [5, 5.41) is 3.85. The summed E-state index contributed by atoms with van der Waals surface area (Å²) >= 11 is 0. The van der Waals surface area contributed by atoms with Gasteiger partial charge in [0.25, 0.3) is 0 Å². The minimum absolute atomic E-state index is 0.310. The Morgan fingerprint density at radius 3 is 2.67 bits per heavy atom. The number of nitrogens with zero attached hydrogens (tertiary/aromatic N) is 1. The van der Waals surface area contributed by atoms with Gasteiger partial charge in [0.05, 0.1) is 12.3 Å². The van der Waals surface area contributed by atoms with Gasteiger partial charge < -0.3 is 10.5 Å². The number of hydrogen-bond donors (Lipinski definition) is 2. The van der Waals surface area contributed by atoms with Crippen molar-refractivity contribution < 1.29 is 9.53 Å². The van der Waals surface area contributed by atoms with E-state index >= 15 is 0 Å². The Bertz CT molecular complexity index is 349.